The number of carbonyl (C=O) groups excluding carboxylic acids is 1. The minimum absolute atomic E-state index is 0.0668. The minimum Gasteiger partial charge on any atom is -0.333 e. The maximum Gasteiger partial charge on any atom is 0.322 e. The quantitative estimate of drug-likeness (QED) is 0.239. The van der Waals surface area contributed by atoms with Gasteiger partial charge in [0.2, 0.25) is 5.91 Å². The van der Waals surface area contributed by atoms with Crippen LogP contribution < -0.4 is 4.90 Å². The molecule has 1 aromatic carbocycles. The van der Waals surface area contributed by atoms with Gasteiger partial charge in [-0.1, -0.05) is 24.2 Å². The molecule has 5 nitrogen and oxygen atoms in total. The third-order valence-electron chi connectivity index (χ3n) is 4.16. The summed E-state index contributed by atoms with van der Waals surface area (Å²) in [6.45, 7) is 10.1. The lowest BCUT2D eigenvalue weighted by atomic mass is 10.1. The predicted molar refractivity (Wildman–Crippen MR) is 111 cm³/mol. The van der Waals surface area contributed by atoms with Crippen LogP contribution in [0.1, 0.15) is 50.7 Å². The van der Waals surface area contributed by atoms with Crippen LogP contribution in [0, 0.1) is 5.82 Å². The zero-order valence-corrected chi connectivity index (χ0v) is 17.6. The van der Waals surface area contributed by atoms with Crippen LogP contribution in [0.3, 0.4) is 0 Å². The number of carbonyl (C=O) groups is 1. The first-order valence-electron chi connectivity index (χ1n) is 9.77. The molecule has 9 heteroatoms. The molecule has 1 heterocycles. The first-order valence-corrected chi connectivity index (χ1v) is 9.77. The number of anilines is 1. The van der Waals surface area contributed by atoms with Crippen LogP contribution >= 0.6 is 0 Å². The first-order chi connectivity index (χ1) is 14.7. The average molecular weight is 441 g/mol. The molecule has 0 bridgehead atoms. The summed E-state index contributed by atoms with van der Waals surface area (Å²) < 4.78 is 57.1. The van der Waals surface area contributed by atoms with Gasteiger partial charge in [0.15, 0.2) is 5.82 Å². The molecule has 0 aliphatic carbocycles. The van der Waals surface area contributed by atoms with Gasteiger partial charge >= 0.3 is 5.92 Å². The van der Waals surface area contributed by atoms with E-state index in [0.29, 0.717) is 44.8 Å². The van der Waals surface area contributed by atoms with Crippen molar-refractivity contribution < 1.29 is 26.9 Å². The van der Waals surface area contributed by atoms with Gasteiger partial charge in [-0.2, -0.15) is 13.8 Å². The lowest BCUT2D eigenvalue weighted by Crippen LogP contribution is -2.31. The van der Waals surface area contributed by atoms with Crippen molar-refractivity contribution in [2.75, 3.05) is 11.4 Å². The molecule has 0 aliphatic heterocycles. The number of benzene rings is 1. The van der Waals surface area contributed by atoms with Crippen LogP contribution in [0.2, 0.25) is 0 Å². The van der Waals surface area contributed by atoms with Crippen molar-refractivity contribution in [2.45, 2.75) is 51.4 Å². The van der Waals surface area contributed by atoms with E-state index in [4.69, 9.17) is 0 Å². The molecule has 0 aliphatic rings. The van der Waals surface area contributed by atoms with E-state index < -0.39 is 23.5 Å². The van der Waals surface area contributed by atoms with Crippen molar-refractivity contribution in [3.05, 3.63) is 67.4 Å². The molecule has 0 saturated heterocycles. The Labute approximate surface area is 179 Å². The number of halogens is 4. The summed E-state index contributed by atoms with van der Waals surface area (Å²) in [5, 5.41) is 3.53. The number of hydrogen-bond donors (Lipinski definition) is 0. The topological polar surface area (TPSA) is 59.2 Å². The summed E-state index contributed by atoms with van der Waals surface area (Å²) >= 11 is 0. The molecule has 0 fully saturated rings. The highest BCUT2D eigenvalue weighted by Crippen LogP contribution is 2.25. The van der Waals surface area contributed by atoms with Crippen LogP contribution in [0.25, 0.3) is 0 Å². The van der Waals surface area contributed by atoms with Crippen LogP contribution in [0.5, 0.6) is 0 Å². The summed E-state index contributed by atoms with van der Waals surface area (Å²) in [6, 6.07) is 5.62. The van der Waals surface area contributed by atoms with E-state index >= 15 is 0 Å². The average Bonchev–Trinajstić information content (AvgIpc) is 3.20. The molecule has 2 aromatic rings. The number of nitrogens with zero attached hydrogens (tertiary/aromatic N) is 3. The van der Waals surface area contributed by atoms with Gasteiger partial charge in [-0.25, -0.2) is 8.78 Å². The van der Waals surface area contributed by atoms with Gasteiger partial charge in [-0.15, -0.1) is 13.2 Å². The van der Waals surface area contributed by atoms with Crippen molar-refractivity contribution >= 4 is 11.6 Å². The van der Waals surface area contributed by atoms with Gasteiger partial charge in [-0.05, 0) is 31.0 Å². The van der Waals surface area contributed by atoms with E-state index in [2.05, 4.69) is 34.4 Å². The molecule has 1 amide bonds. The number of aryl methyl sites for hydroxylation is 1. The maximum absolute atomic E-state index is 13.5. The number of unbranched alkanes of at least 4 members (excludes halogenated alkanes) is 2. The summed E-state index contributed by atoms with van der Waals surface area (Å²) in [5.41, 5.74) is 0.396. The summed E-state index contributed by atoms with van der Waals surface area (Å²) in [7, 11) is 0. The molecule has 0 unspecified atom stereocenters. The van der Waals surface area contributed by atoms with E-state index in [1.54, 1.807) is 6.07 Å². The van der Waals surface area contributed by atoms with Gasteiger partial charge < -0.3 is 9.42 Å². The Balaban J connectivity index is 0.00000233. The Morgan fingerprint density at radius 2 is 1.90 bits per heavy atom. The van der Waals surface area contributed by atoms with Gasteiger partial charge in [0.05, 0.1) is 5.83 Å². The van der Waals surface area contributed by atoms with Crippen molar-refractivity contribution in [1.29, 1.82) is 0 Å². The molecule has 0 saturated carbocycles. The second-order valence-electron chi connectivity index (χ2n) is 6.76. The Morgan fingerprint density at radius 3 is 2.48 bits per heavy atom. The van der Waals surface area contributed by atoms with Crippen molar-refractivity contribution in [3.8, 4) is 0 Å². The van der Waals surface area contributed by atoms with Gasteiger partial charge in [-0.3, -0.25) is 4.79 Å². The third kappa shape index (κ3) is 9.15. The molecule has 31 heavy (non-hydrogen) atoms. The number of aromatic nitrogens is 2. The molecule has 1 aromatic heterocycles. The van der Waals surface area contributed by atoms with Crippen LogP contribution in [-0.4, -0.2) is 22.6 Å². The predicted octanol–water partition coefficient (Wildman–Crippen LogP) is 6.13. The second kappa shape index (κ2) is 12.7. The Kier molecular flexibility index (Phi) is 10.6. The molecule has 0 radical (unpaired) electrons. The molecule has 0 atom stereocenters. The summed E-state index contributed by atoms with van der Waals surface area (Å²) in [4.78, 5) is 17.5. The van der Waals surface area contributed by atoms with Gasteiger partial charge in [0.25, 0.3) is 5.89 Å². The standard InChI is InChI=1S/C20H23F4N3O2.C2H4/c1-14(21)10-11-18(28)27(16-8-6-7-15(22)13-16)12-5-3-4-9-17-25-19(29-26-17)20(2,23)24;1-2/h6-8,13H,1,3-5,9-12H2,2H3;1-2H2. The fourth-order valence-corrected chi connectivity index (χ4v) is 2.68. The van der Waals surface area contributed by atoms with E-state index in [1.807, 2.05) is 0 Å². The number of allylic oxidation sites excluding steroid dienone is 1. The van der Waals surface area contributed by atoms with Crippen molar-refractivity contribution in [1.82, 2.24) is 10.1 Å². The maximum atomic E-state index is 13.5. The van der Waals surface area contributed by atoms with Gasteiger partial charge in [0.1, 0.15) is 5.82 Å². The molecule has 0 N–H and O–H groups in total. The number of hydrogen-bond acceptors (Lipinski definition) is 4. The molecule has 170 valence electrons. The monoisotopic (exact) mass is 441 g/mol. The molecular formula is C22H27F4N3O2. The highest BCUT2D eigenvalue weighted by molar-refractivity contribution is 5.93. The highest BCUT2D eigenvalue weighted by atomic mass is 19.3. The highest BCUT2D eigenvalue weighted by Gasteiger charge is 2.31. The second-order valence-corrected chi connectivity index (χ2v) is 6.76. The van der Waals surface area contributed by atoms with E-state index in [9.17, 15) is 22.4 Å². The summed E-state index contributed by atoms with van der Waals surface area (Å²) in [6.07, 6.45) is 2.03. The third-order valence-corrected chi connectivity index (χ3v) is 4.16. The van der Waals surface area contributed by atoms with E-state index in [1.165, 1.54) is 23.1 Å². The van der Waals surface area contributed by atoms with E-state index in [0.717, 1.165) is 0 Å². The lowest BCUT2D eigenvalue weighted by molar-refractivity contribution is -0.118. The first kappa shape index (κ1) is 26.1. The molecule has 2 rings (SSSR count). The number of alkyl halides is 2. The minimum atomic E-state index is -3.18. The van der Waals surface area contributed by atoms with Gasteiger partial charge in [0, 0.05) is 38.4 Å². The Morgan fingerprint density at radius 1 is 1.19 bits per heavy atom. The van der Waals surface area contributed by atoms with E-state index in [-0.39, 0.29) is 24.6 Å². The lowest BCUT2D eigenvalue weighted by Gasteiger charge is -2.23. The number of amides is 1. The van der Waals surface area contributed by atoms with Crippen molar-refractivity contribution in [3.63, 3.8) is 0 Å². The number of rotatable bonds is 11. The smallest absolute Gasteiger partial charge is 0.322 e. The largest absolute Gasteiger partial charge is 0.333 e. The SMILES string of the molecule is C=C.C=C(F)CCC(=O)N(CCCCCc1noc(C(C)(F)F)n1)c1cccc(F)c1. The van der Waals surface area contributed by atoms with Crippen LogP contribution in [0.15, 0.2) is 54.4 Å². The van der Waals surface area contributed by atoms with Crippen LogP contribution in [0.4, 0.5) is 23.2 Å². The molecule has 0 spiro atoms. The summed E-state index contributed by atoms with van der Waals surface area (Å²) in [5.74, 6) is -5.10. The Hall–Kier alpha value is -2.97. The van der Waals surface area contributed by atoms with Crippen molar-refractivity contribution in [2.24, 2.45) is 0 Å². The fourth-order valence-electron chi connectivity index (χ4n) is 2.68. The molecular weight excluding hydrogens is 414 g/mol. The van der Waals surface area contributed by atoms with Crippen LogP contribution in [-0.2, 0) is 17.1 Å². The fraction of sp³-hybridized carbons (Fsp3) is 0.409. The normalized spacial score (nSPS) is 10.9. The Bertz CT molecular complexity index is 849. The zero-order chi connectivity index (χ0) is 23.4. The zero-order valence-electron chi connectivity index (χ0n) is 17.6.